The molecule has 6 nitrogen and oxygen atoms in total. The van der Waals surface area contributed by atoms with Crippen molar-refractivity contribution in [1.82, 2.24) is 4.72 Å². The van der Waals surface area contributed by atoms with Gasteiger partial charge in [-0.25, -0.2) is 8.42 Å². The topological polar surface area (TPSA) is 81.7 Å². The highest BCUT2D eigenvalue weighted by Gasteiger charge is 2.26. The second-order valence-electron chi connectivity index (χ2n) is 5.06. The lowest BCUT2D eigenvalue weighted by atomic mass is 10.1. The van der Waals surface area contributed by atoms with Gasteiger partial charge in [0.1, 0.15) is 11.8 Å². The molecule has 0 amide bonds. The summed E-state index contributed by atoms with van der Waals surface area (Å²) < 4.78 is 37.1. The van der Waals surface area contributed by atoms with E-state index in [9.17, 15) is 13.2 Å². The Labute approximate surface area is 141 Å². The highest BCUT2D eigenvalue weighted by Crippen LogP contribution is 2.16. The predicted octanol–water partition coefficient (Wildman–Crippen LogP) is 1.76. The van der Waals surface area contributed by atoms with Gasteiger partial charge in [-0.15, -0.1) is 0 Å². The lowest BCUT2D eigenvalue weighted by Crippen LogP contribution is -2.42. The average molecular weight is 349 g/mol. The fraction of sp³-hybridized carbons (Fsp3) is 0.235. The first-order valence-electron chi connectivity index (χ1n) is 7.24. The van der Waals surface area contributed by atoms with E-state index in [1.54, 1.807) is 12.1 Å². The van der Waals surface area contributed by atoms with Gasteiger partial charge in [0.15, 0.2) is 0 Å². The summed E-state index contributed by atoms with van der Waals surface area (Å²) in [5.74, 6) is -0.0984. The van der Waals surface area contributed by atoms with Gasteiger partial charge in [-0.3, -0.25) is 4.79 Å². The number of hydrogen-bond donors (Lipinski definition) is 1. The largest absolute Gasteiger partial charge is 0.497 e. The molecule has 0 fully saturated rings. The molecule has 0 spiro atoms. The van der Waals surface area contributed by atoms with E-state index in [-0.39, 0.29) is 11.3 Å². The van der Waals surface area contributed by atoms with Gasteiger partial charge >= 0.3 is 5.97 Å². The van der Waals surface area contributed by atoms with Crippen molar-refractivity contribution in [2.24, 2.45) is 0 Å². The van der Waals surface area contributed by atoms with Crippen LogP contribution in [-0.2, 0) is 26.0 Å². The molecule has 0 saturated carbocycles. The summed E-state index contributed by atoms with van der Waals surface area (Å²) in [6.07, 6.45) is 0.197. The van der Waals surface area contributed by atoms with Crippen molar-refractivity contribution < 1.29 is 22.7 Å². The Kier molecular flexibility index (Phi) is 5.94. The summed E-state index contributed by atoms with van der Waals surface area (Å²) in [5, 5.41) is 0. The Bertz CT molecular complexity index is 772. The number of benzene rings is 2. The number of carbonyl (C=O) groups is 1. The average Bonchev–Trinajstić information content (AvgIpc) is 2.61. The number of ether oxygens (including phenoxy) is 2. The molecule has 2 aromatic rings. The summed E-state index contributed by atoms with van der Waals surface area (Å²) in [4.78, 5) is 12.0. The molecule has 0 saturated heterocycles. The fourth-order valence-corrected chi connectivity index (χ4v) is 3.36. The Hall–Kier alpha value is -2.38. The van der Waals surface area contributed by atoms with Crippen molar-refractivity contribution in [2.75, 3.05) is 14.2 Å². The lowest BCUT2D eigenvalue weighted by Gasteiger charge is -2.17. The van der Waals surface area contributed by atoms with Crippen LogP contribution in [0, 0.1) is 0 Å². The summed E-state index contributed by atoms with van der Waals surface area (Å²) in [5.41, 5.74) is 0.824. The maximum absolute atomic E-state index is 12.5. The van der Waals surface area contributed by atoms with Gasteiger partial charge in [-0.2, -0.15) is 4.72 Å². The molecular formula is C17H19NO5S. The van der Waals surface area contributed by atoms with E-state index in [1.807, 2.05) is 30.3 Å². The summed E-state index contributed by atoms with van der Waals surface area (Å²) in [6, 6.07) is 14.0. The molecule has 0 heterocycles. The van der Waals surface area contributed by atoms with Crippen molar-refractivity contribution >= 4 is 16.0 Å². The third kappa shape index (κ3) is 4.56. The van der Waals surface area contributed by atoms with Crippen LogP contribution in [-0.4, -0.2) is 34.6 Å². The van der Waals surface area contributed by atoms with Gasteiger partial charge in [0.25, 0.3) is 0 Å². The molecule has 0 aliphatic rings. The maximum Gasteiger partial charge on any atom is 0.324 e. The molecule has 0 bridgehead atoms. The van der Waals surface area contributed by atoms with Crippen LogP contribution in [0.15, 0.2) is 59.5 Å². The first-order chi connectivity index (χ1) is 11.5. The number of methoxy groups -OCH3 is 2. The zero-order valence-electron chi connectivity index (χ0n) is 13.4. The van der Waals surface area contributed by atoms with Crippen LogP contribution in [0.1, 0.15) is 5.56 Å². The van der Waals surface area contributed by atoms with E-state index in [1.165, 1.54) is 26.4 Å². The molecule has 2 aromatic carbocycles. The van der Waals surface area contributed by atoms with E-state index < -0.39 is 22.0 Å². The van der Waals surface area contributed by atoms with Gasteiger partial charge in [-0.05, 0) is 36.2 Å². The molecule has 0 radical (unpaired) electrons. The van der Waals surface area contributed by atoms with Crippen LogP contribution >= 0.6 is 0 Å². The van der Waals surface area contributed by atoms with E-state index in [0.29, 0.717) is 5.75 Å². The molecule has 7 heteroatoms. The molecule has 1 atom stereocenters. The summed E-state index contributed by atoms with van der Waals surface area (Å²) in [6.45, 7) is 0. The zero-order chi connectivity index (χ0) is 17.6. The van der Waals surface area contributed by atoms with E-state index >= 15 is 0 Å². The quantitative estimate of drug-likeness (QED) is 0.770. The molecular weight excluding hydrogens is 330 g/mol. The number of esters is 1. The maximum atomic E-state index is 12.5. The number of nitrogens with one attached hydrogen (secondary N) is 1. The third-order valence-electron chi connectivity index (χ3n) is 3.44. The van der Waals surface area contributed by atoms with Crippen LogP contribution < -0.4 is 9.46 Å². The number of carbonyl (C=O) groups excluding carboxylic acids is 1. The predicted molar refractivity (Wildman–Crippen MR) is 89.3 cm³/mol. The SMILES string of the molecule is COC(=O)C(Cc1ccccc1)NS(=O)(=O)c1ccc(OC)cc1. The third-order valence-corrected chi connectivity index (χ3v) is 4.92. The monoisotopic (exact) mass is 349 g/mol. The number of hydrogen-bond acceptors (Lipinski definition) is 5. The van der Waals surface area contributed by atoms with Gasteiger partial charge in [0, 0.05) is 0 Å². The molecule has 2 rings (SSSR count). The first kappa shape index (κ1) is 18.0. The van der Waals surface area contributed by atoms with Gasteiger partial charge in [0.2, 0.25) is 10.0 Å². The number of sulfonamides is 1. The minimum Gasteiger partial charge on any atom is -0.497 e. The Morgan fingerprint density at radius 1 is 1.04 bits per heavy atom. The van der Waals surface area contributed by atoms with Crippen molar-refractivity contribution in [3.05, 3.63) is 60.2 Å². The molecule has 0 aromatic heterocycles. The minimum absolute atomic E-state index is 0.0465. The van der Waals surface area contributed by atoms with Gasteiger partial charge in [-0.1, -0.05) is 30.3 Å². The Morgan fingerprint density at radius 3 is 2.21 bits per heavy atom. The summed E-state index contributed by atoms with van der Waals surface area (Å²) >= 11 is 0. The van der Waals surface area contributed by atoms with Crippen LogP contribution in [0.2, 0.25) is 0 Å². The summed E-state index contributed by atoms with van der Waals surface area (Å²) in [7, 11) is -1.15. The lowest BCUT2D eigenvalue weighted by molar-refractivity contribution is -0.142. The Balaban J connectivity index is 2.22. The van der Waals surface area contributed by atoms with E-state index in [0.717, 1.165) is 5.56 Å². The molecule has 0 aliphatic heterocycles. The van der Waals surface area contributed by atoms with Gasteiger partial charge in [0.05, 0.1) is 19.1 Å². The molecule has 1 unspecified atom stereocenters. The second kappa shape index (κ2) is 7.94. The normalized spacial score (nSPS) is 12.4. The van der Waals surface area contributed by atoms with Crippen LogP contribution in [0.4, 0.5) is 0 Å². The van der Waals surface area contributed by atoms with E-state index in [2.05, 4.69) is 4.72 Å². The zero-order valence-corrected chi connectivity index (χ0v) is 14.2. The van der Waals surface area contributed by atoms with Crippen molar-refractivity contribution in [1.29, 1.82) is 0 Å². The molecule has 24 heavy (non-hydrogen) atoms. The smallest absolute Gasteiger partial charge is 0.324 e. The van der Waals surface area contributed by atoms with E-state index in [4.69, 9.17) is 9.47 Å². The number of rotatable bonds is 7. The second-order valence-corrected chi connectivity index (χ2v) is 6.78. The molecule has 1 N–H and O–H groups in total. The fourth-order valence-electron chi connectivity index (χ4n) is 2.18. The molecule has 0 aliphatic carbocycles. The Morgan fingerprint density at radius 2 is 1.67 bits per heavy atom. The minimum atomic E-state index is -3.87. The van der Waals surface area contributed by atoms with Gasteiger partial charge < -0.3 is 9.47 Å². The first-order valence-corrected chi connectivity index (χ1v) is 8.72. The van der Waals surface area contributed by atoms with Crippen LogP contribution in [0.5, 0.6) is 5.75 Å². The van der Waals surface area contributed by atoms with Crippen LogP contribution in [0.3, 0.4) is 0 Å². The highest BCUT2D eigenvalue weighted by molar-refractivity contribution is 7.89. The van der Waals surface area contributed by atoms with Crippen molar-refractivity contribution in [2.45, 2.75) is 17.4 Å². The highest BCUT2D eigenvalue weighted by atomic mass is 32.2. The molecule has 128 valence electrons. The van der Waals surface area contributed by atoms with Crippen LogP contribution in [0.25, 0.3) is 0 Å². The van der Waals surface area contributed by atoms with Crippen molar-refractivity contribution in [3.8, 4) is 5.75 Å². The standard InChI is InChI=1S/C17H19NO5S/c1-22-14-8-10-15(11-9-14)24(20,21)18-16(17(19)23-2)12-13-6-4-3-5-7-13/h3-11,16,18H,12H2,1-2H3. The van der Waals surface area contributed by atoms with Crippen molar-refractivity contribution in [3.63, 3.8) is 0 Å².